The monoisotopic (exact) mass is 249 g/mol. The van der Waals surface area contributed by atoms with Crippen LogP contribution in [0, 0.1) is 5.92 Å². The van der Waals surface area contributed by atoms with E-state index in [1.807, 2.05) is 6.07 Å². The zero-order chi connectivity index (χ0) is 13.0. The van der Waals surface area contributed by atoms with E-state index < -0.39 is 6.10 Å². The SMILES string of the molecule is CC(O)CNC(=O)c1cccc(OCC2CC2)c1. The number of benzene rings is 1. The van der Waals surface area contributed by atoms with Gasteiger partial charge in [-0.1, -0.05) is 6.07 Å². The summed E-state index contributed by atoms with van der Waals surface area (Å²) >= 11 is 0. The number of hydrogen-bond donors (Lipinski definition) is 2. The lowest BCUT2D eigenvalue weighted by Crippen LogP contribution is -2.30. The van der Waals surface area contributed by atoms with Crippen LogP contribution < -0.4 is 10.1 Å². The maximum Gasteiger partial charge on any atom is 0.251 e. The van der Waals surface area contributed by atoms with Crippen molar-refractivity contribution in [2.24, 2.45) is 5.92 Å². The van der Waals surface area contributed by atoms with Crippen molar-refractivity contribution >= 4 is 5.91 Å². The van der Waals surface area contributed by atoms with E-state index in [0.717, 1.165) is 12.4 Å². The molecule has 0 bridgehead atoms. The van der Waals surface area contributed by atoms with Crippen LogP contribution in [0.25, 0.3) is 0 Å². The molecule has 1 aliphatic carbocycles. The molecule has 0 heterocycles. The van der Waals surface area contributed by atoms with E-state index in [-0.39, 0.29) is 12.5 Å². The molecular weight excluding hydrogens is 230 g/mol. The van der Waals surface area contributed by atoms with Gasteiger partial charge in [0.2, 0.25) is 0 Å². The molecule has 98 valence electrons. The van der Waals surface area contributed by atoms with E-state index >= 15 is 0 Å². The second-order valence-corrected chi connectivity index (χ2v) is 4.84. The predicted molar refractivity (Wildman–Crippen MR) is 68.7 cm³/mol. The zero-order valence-corrected chi connectivity index (χ0v) is 10.6. The molecule has 1 unspecified atom stereocenters. The Morgan fingerprint density at radius 2 is 2.33 bits per heavy atom. The Morgan fingerprint density at radius 3 is 3.00 bits per heavy atom. The smallest absolute Gasteiger partial charge is 0.251 e. The molecule has 4 heteroatoms. The third-order valence-electron chi connectivity index (χ3n) is 2.84. The first-order valence-electron chi connectivity index (χ1n) is 6.34. The van der Waals surface area contributed by atoms with E-state index in [0.29, 0.717) is 11.5 Å². The number of aliphatic hydroxyl groups is 1. The molecule has 1 aromatic rings. The van der Waals surface area contributed by atoms with Crippen LogP contribution in [-0.4, -0.2) is 30.3 Å². The van der Waals surface area contributed by atoms with E-state index in [2.05, 4.69) is 5.32 Å². The summed E-state index contributed by atoms with van der Waals surface area (Å²) in [6.07, 6.45) is 1.95. The van der Waals surface area contributed by atoms with Crippen LogP contribution in [0.15, 0.2) is 24.3 Å². The van der Waals surface area contributed by atoms with Crippen molar-refractivity contribution in [2.75, 3.05) is 13.2 Å². The Kier molecular flexibility index (Phi) is 4.20. The highest BCUT2D eigenvalue weighted by atomic mass is 16.5. The van der Waals surface area contributed by atoms with Crippen LogP contribution in [0.1, 0.15) is 30.1 Å². The van der Waals surface area contributed by atoms with Crippen molar-refractivity contribution in [1.82, 2.24) is 5.32 Å². The Balaban J connectivity index is 1.90. The van der Waals surface area contributed by atoms with Gasteiger partial charge in [0, 0.05) is 12.1 Å². The van der Waals surface area contributed by atoms with Gasteiger partial charge in [-0.25, -0.2) is 0 Å². The van der Waals surface area contributed by atoms with E-state index in [1.165, 1.54) is 12.8 Å². The minimum atomic E-state index is -0.539. The molecular formula is C14H19NO3. The maximum absolute atomic E-state index is 11.8. The fourth-order valence-electron chi connectivity index (χ4n) is 1.57. The molecule has 0 aliphatic heterocycles. The number of nitrogens with one attached hydrogen (secondary N) is 1. The van der Waals surface area contributed by atoms with E-state index in [9.17, 15) is 4.79 Å². The van der Waals surface area contributed by atoms with Crippen LogP contribution in [0.4, 0.5) is 0 Å². The maximum atomic E-state index is 11.8. The minimum absolute atomic E-state index is 0.187. The van der Waals surface area contributed by atoms with E-state index in [1.54, 1.807) is 25.1 Å². The summed E-state index contributed by atoms with van der Waals surface area (Å²) in [5.74, 6) is 1.23. The van der Waals surface area contributed by atoms with Crippen molar-refractivity contribution in [2.45, 2.75) is 25.9 Å². The molecule has 0 aromatic heterocycles. The first-order valence-corrected chi connectivity index (χ1v) is 6.34. The van der Waals surface area contributed by atoms with Gasteiger partial charge >= 0.3 is 0 Å². The van der Waals surface area contributed by atoms with Gasteiger partial charge < -0.3 is 15.2 Å². The summed E-state index contributed by atoms with van der Waals surface area (Å²) in [5.41, 5.74) is 0.559. The first kappa shape index (κ1) is 12.9. The Morgan fingerprint density at radius 1 is 1.56 bits per heavy atom. The molecule has 4 nitrogen and oxygen atoms in total. The average Bonchev–Trinajstić information content (AvgIpc) is 3.18. The zero-order valence-electron chi connectivity index (χ0n) is 10.6. The molecule has 1 saturated carbocycles. The topological polar surface area (TPSA) is 58.6 Å². The number of rotatable bonds is 6. The Hall–Kier alpha value is -1.55. The highest BCUT2D eigenvalue weighted by Crippen LogP contribution is 2.29. The molecule has 1 aliphatic rings. The lowest BCUT2D eigenvalue weighted by Gasteiger charge is -2.09. The Labute approximate surface area is 107 Å². The minimum Gasteiger partial charge on any atom is -0.493 e. The summed E-state index contributed by atoms with van der Waals surface area (Å²) in [4.78, 5) is 11.8. The third-order valence-corrected chi connectivity index (χ3v) is 2.84. The molecule has 18 heavy (non-hydrogen) atoms. The van der Waals surface area contributed by atoms with Gasteiger partial charge in [-0.15, -0.1) is 0 Å². The fourth-order valence-corrected chi connectivity index (χ4v) is 1.57. The van der Waals surface area contributed by atoms with Crippen molar-refractivity contribution in [3.8, 4) is 5.75 Å². The highest BCUT2D eigenvalue weighted by molar-refractivity contribution is 5.94. The molecule has 2 N–H and O–H groups in total. The molecule has 0 saturated heterocycles. The number of carbonyl (C=O) groups is 1. The molecule has 0 radical (unpaired) electrons. The predicted octanol–water partition coefficient (Wildman–Crippen LogP) is 1.59. The number of ether oxygens (including phenoxy) is 1. The van der Waals surface area contributed by atoms with Crippen molar-refractivity contribution in [3.05, 3.63) is 29.8 Å². The van der Waals surface area contributed by atoms with Crippen LogP contribution in [0.2, 0.25) is 0 Å². The largest absolute Gasteiger partial charge is 0.493 e. The summed E-state index contributed by atoms with van der Waals surface area (Å²) in [7, 11) is 0. The number of carbonyl (C=O) groups excluding carboxylic acids is 1. The van der Waals surface area contributed by atoms with Gasteiger partial charge in [0.25, 0.3) is 5.91 Å². The summed E-state index contributed by atoms with van der Waals surface area (Å²) in [6.45, 7) is 2.63. The number of aliphatic hydroxyl groups excluding tert-OH is 1. The summed E-state index contributed by atoms with van der Waals surface area (Å²) in [5, 5.41) is 11.8. The van der Waals surface area contributed by atoms with Gasteiger partial charge in [0.1, 0.15) is 5.75 Å². The van der Waals surface area contributed by atoms with Gasteiger partial charge in [-0.05, 0) is 43.9 Å². The van der Waals surface area contributed by atoms with Gasteiger partial charge in [0.05, 0.1) is 12.7 Å². The van der Waals surface area contributed by atoms with Gasteiger partial charge in [-0.2, -0.15) is 0 Å². The number of amides is 1. The molecule has 2 rings (SSSR count). The lowest BCUT2D eigenvalue weighted by molar-refractivity contribution is 0.0923. The molecule has 1 atom stereocenters. The van der Waals surface area contributed by atoms with Crippen LogP contribution in [-0.2, 0) is 0 Å². The standard InChI is InChI=1S/C14H19NO3/c1-10(16)8-15-14(17)12-3-2-4-13(7-12)18-9-11-5-6-11/h2-4,7,10-11,16H,5-6,8-9H2,1H3,(H,15,17). The number of hydrogen-bond acceptors (Lipinski definition) is 3. The van der Waals surface area contributed by atoms with E-state index in [4.69, 9.17) is 9.84 Å². The van der Waals surface area contributed by atoms with Crippen LogP contribution >= 0.6 is 0 Å². The van der Waals surface area contributed by atoms with Crippen LogP contribution in [0.5, 0.6) is 5.75 Å². The lowest BCUT2D eigenvalue weighted by atomic mass is 10.2. The highest BCUT2D eigenvalue weighted by Gasteiger charge is 2.21. The molecule has 1 fully saturated rings. The van der Waals surface area contributed by atoms with Crippen molar-refractivity contribution in [1.29, 1.82) is 0 Å². The van der Waals surface area contributed by atoms with Crippen molar-refractivity contribution in [3.63, 3.8) is 0 Å². The third kappa shape index (κ3) is 4.04. The summed E-state index contributed by atoms with van der Waals surface area (Å²) < 4.78 is 5.62. The average molecular weight is 249 g/mol. The van der Waals surface area contributed by atoms with Gasteiger partial charge in [-0.3, -0.25) is 4.79 Å². The molecule has 0 spiro atoms. The second kappa shape index (κ2) is 5.87. The molecule has 1 aromatic carbocycles. The second-order valence-electron chi connectivity index (χ2n) is 4.84. The Bertz CT molecular complexity index is 413. The van der Waals surface area contributed by atoms with Crippen molar-refractivity contribution < 1.29 is 14.6 Å². The van der Waals surface area contributed by atoms with Gasteiger partial charge in [0.15, 0.2) is 0 Å². The summed E-state index contributed by atoms with van der Waals surface area (Å²) in [6, 6.07) is 7.13. The fraction of sp³-hybridized carbons (Fsp3) is 0.500. The quantitative estimate of drug-likeness (QED) is 0.805. The normalized spacial score (nSPS) is 16.1. The first-order chi connectivity index (χ1) is 8.65. The molecule has 1 amide bonds. The van der Waals surface area contributed by atoms with Crippen LogP contribution in [0.3, 0.4) is 0 Å².